The molecule has 0 saturated carbocycles. The van der Waals surface area contributed by atoms with Crippen LogP contribution >= 0.6 is 0 Å². The van der Waals surface area contributed by atoms with Crippen LogP contribution in [0.5, 0.6) is 5.75 Å². The van der Waals surface area contributed by atoms with Gasteiger partial charge in [0.2, 0.25) is 5.91 Å². The summed E-state index contributed by atoms with van der Waals surface area (Å²) in [6.45, 7) is 4.93. The van der Waals surface area contributed by atoms with Gasteiger partial charge >= 0.3 is 0 Å². The van der Waals surface area contributed by atoms with Crippen molar-refractivity contribution in [1.82, 2.24) is 9.88 Å². The minimum Gasteiger partial charge on any atom is -0.497 e. The van der Waals surface area contributed by atoms with Crippen LogP contribution in [0.3, 0.4) is 0 Å². The third-order valence-corrected chi connectivity index (χ3v) is 4.70. The Bertz CT molecular complexity index is 707. The van der Waals surface area contributed by atoms with Gasteiger partial charge in [0.05, 0.1) is 19.0 Å². The van der Waals surface area contributed by atoms with Crippen molar-refractivity contribution in [3.05, 3.63) is 53.9 Å². The third kappa shape index (κ3) is 4.50. The summed E-state index contributed by atoms with van der Waals surface area (Å²) < 4.78 is 5.27. The van der Waals surface area contributed by atoms with E-state index in [1.807, 2.05) is 23.2 Å². The van der Waals surface area contributed by atoms with Crippen molar-refractivity contribution in [3.63, 3.8) is 0 Å². The minimum atomic E-state index is 0.158. The summed E-state index contributed by atoms with van der Waals surface area (Å²) in [7, 11) is 1.69. The molecule has 1 aromatic heterocycles. The number of piperazine rings is 1. The van der Waals surface area contributed by atoms with E-state index in [1.54, 1.807) is 14.0 Å². The molecule has 0 aliphatic carbocycles. The maximum Gasteiger partial charge on any atom is 0.219 e. The van der Waals surface area contributed by atoms with Crippen molar-refractivity contribution in [3.8, 4) is 5.75 Å². The van der Waals surface area contributed by atoms with Crippen LogP contribution < -0.4 is 9.64 Å². The highest BCUT2D eigenvalue weighted by Crippen LogP contribution is 2.18. The Labute approximate surface area is 149 Å². The lowest BCUT2D eigenvalue weighted by Crippen LogP contribution is -2.48. The molecule has 132 valence electrons. The molecule has 2 aromatic rings. The number of benzene rings is 1. The SMILES string of the molecule is COc1cccc(CCc2ccc(N3CCN(C(C)=O)CC3)cn2)c1. The number of carbonyl (C=O) groups is 1. The van der Waals surface area contributed by atoms with E-state index in [2.05, 4.69) is 34.1 Å². The van der Waals surface area contributed by atoms with Crippen molar-refractivity contribution in [2.45, 2.75) is 19.8 Å². The van der Waals surface area contributed by atoms with E-state index in [0.717, 1.165) is 56.2 Å². The average Bonchev–Trinajstić information content (AvgIpc) is 2.67. The van der Waals surface area contributed by atoms with Crippen LogP contribution in [0.4, 0.5) is 5.69 Å². The molecular formula is C20H25N3O2. The maximum atomic E-state index is 11.4. The predicted octanol–water partition coefficient (Wildman–Crippen LogP) is 2.54. The van der Waals surface area contributed by atoms with Crippen molar-refractivity contribution in [2.24, 2.45) is 0 Å². The summed E-state index contributed by atoms with van der Waals surface area (Å²) in [6, 6.07) is 12.4. The largest absolute Gasteiger partial charge is 0.497 e. The van der Waals surface area contributed by atoms with Crippen LogP contribution in [0.1, 0.15) is 18.2 Å². The van der Waals surface area contributed by atoms with Crippen molar-refractivity contribution in [1.29, 1.82) is 0 Å². The topological polar surface area (TPSA) is 45.7 Å². The molecule has 3 rings (SSSR count). The molecule has 1 aromatic carbocycles. The molecule has 1 saturated heterocycles. The standard InChI is InChI=1S/C20H25N3O2/c1-16(24)22-10-12-23(13-11-22)19-9-8-18(21-15-19)7-6-17-4-3-5-20(14-17)25-2/h3-5,8-9,14-15H,6-7,10-13H2,1-2H3. The Balaban J connectivity index is 1.54. The van der Waals surface area contributed by atoms with Crippen molar-refractivity contribution < 1.29 is 9.53 Å². The molecule has 1 fully saturated rings. The van der Waals surface area contributed by atoms with Gasteiger partial charge < -0.3 is 14.5 Å². The second kappa shape index (κ2) is 8.01. The molecule has 0 bridgehead atoms. The zero-order chi connectivity index (χ0) is 17.6. The number of aryl methyl sites for hydroxylation is 2. The number of hydrogen-bond acceptors (Lipinski definition) is 4. The van der Waals surface area contributed by atoms with E-state index >= 15 is 0 Å². The fraction of sp³-hybridized carbons (Fsp3) is 0.400. The number of rotatable bonds is 5. The van der Waals surface area contributed by atoms with Crippen LogP contribution in [0.2, 0.25) is 0 Å². The fourth-order valence-electron chi connectivity index (χ4n) is 3.13. The summed E-state index contributed by atoms with van der Waals surface area (Å²) in [5.41, 5.74) is 3.48. The minimum absolute atomic E-state index is 0.158. The number of pyridine rings is 1. The first-order valence-electron chi connectivity index (χ1n) is 8.74. The molecule has 5 heteroatoms. The van der Waals surface area contributed by atoms with Gasteiger partial charge in [0, 0.05) is 38.8 Å². The predicted molar refractivity (Wildman–Crippen MR) is 99.1 cm³/mol. The number of methoxy groups -OCH3 is 1. The Kier molecular flexibility index (Phi) is 5.53. The number of nitrogens with zero attached hydrogens (tertiary/aromatic N) is 3. The van der Waals surface area contributed by atoms with Gasteiger partial charge in [-0.3, -0.25) is 9.78 Å². The van der Waals surface area contributed by atoms with Gasteiger partial charge in [0.1, 0.15) is 5.75 Å². The van der Waals surface area contributed by atoms with Crippen LogP contribution in [-0.2, 0) is 17.6 Å². The highest BCUT2D eigenvalue weighted by molar-refractivity contribution is 5.73. The summed E-state index contributed by atoms with van der Waals surface area (Å²) in [5, 5.41) is 0. The molecular weight excluding hydrogens is 314 g/mol. The molecule has 1 aliphatic rings. The van der Waals surface area contributed by atoms with Gasteiger partial charge in [0.15, 0.2) is 0 Å². The van der Waals surface area contributed by atoms with E-state index in [9.17, 15) is 4.79 Å². The molecule has 0 atom stereocenters. The number of ether oxygens (including phenoxy) is 1. The molecule has 0 N–H and O–H groups in total. The number of hydrogen-bond donors (Lipinski definition) is 0. The normalized spacial score (nSPS) is 14.5. The second-order valence-electron chi connectivity index (χ2n) is 6.35. The van der Waals surface area contributed by atoms with E-state index in [0.29, 0.717) is 0 Å². The van der Waals surface area contributed by atoms with Crippen molar-refractivity contribution in [2.75, 3.05) is 38.2 Å². The fourth-order valence-corrected chi connectivity index (χ4v) is 3.13. The van der Waals surface area contributed by atoms with Gasteiger partial charge in [0.25, 0.3) is 0 Å². The Morgan fingerprint density at radius 2 is 1.92 bits per heavy atom. The monoisotopic (exact) mass is 339 g/mol. The maximum absolute atomic E-state index is 11.4. The van der Waals surface area contributed by atoms with Crippen LogP contribution in [0, 0.1) is 0 Å². The summed E-state index contributed by atoms with van der Waals surface area (Å²) in [4.78, 5) is 20.2. The first-order valence-corrected chi connectivity index (χ1v) is 8.74. The summed E-state index contributed by atoms with van der Waals surface area (Å²) in [6.07, 6.45) is 3.80. The smallest absolute Gasteiger partial charge is 0.219 e. The zero-order valence-corrected chi connectivity index (χ0v) is 14.9. The lowest BCUT2D eigenvalue weighted by atomic mass is 10.1. The quantitative estimate of drug-likeness (QED) is 0.840. The summed E-state index contributed by atoms with van der Waals surface area (Å²) in [5.74, 6) is 1.05. The Morgan fingerprint density at radius 3 is 2.56 bits per heavy atom. The number of amides is 1. The molecule has 0 unspecified atom stereocenters. The highest BCUT2D eigenvalue weighted by Gasteiger charge is 2.18. The molecule has 1 amide bonds. The van der Waals surface area contributed by atoms with E-state index < -0.39 is 0 Å². The highest BCUT2D eigenvalue weighted by atomic mass is 16.5. The first-order chi connectivity index (χ1) is 12.2. The van der Waals surface area contributed by atoms with Crippen LogP contribution in [0.25, 0.3) is 0 Å². The molecule has 25 heavy (non-hydrogen) atoms. The Hall–Kier alpha value is -2.56. The second-order valence-corrected chi connectivity index (χ2v) is 6.35. The summed E-state index contributed by atoms with van der Waals surface area (Å²) >= 11 is 0. The Morgan fingerprint density at radius 1 is 1.12 bits per heavy atom. The molecule has 2 heterocycles. The van der Waals surface area contributed by atoms with E-state index in [4.69, 9.17) is 4.74 Å². The van der Waals surface area contributed by atoms with Crippen LogP contribution in [0.15, 0.2) is 42.6 Å². The van der Waals surface area contributed by atoms with Gasteiger partial charge in [-0.1, -0.05) is 12.1 Å². The molecule has 1 aliphatic heterocycles. The number of aromatic nitrogens is 1. The van der Waals surface area contributed by atoms with E-state index in [1.165, 1.54) is 5.56 Å². The van der Waals surface area contributed by atoms with Crippen LogP contribution in [-0.4, -0.2) is 49.1 Å². The lowest BCUT2D eigenvalue weighted by Gasteiger charge is -2.35. The third-order valence-electron chi connectivity index (χ3n) is 4.70. The number of carbonyl (C=O) groups excluding carboxylic acids is 1. The van der Waals surface area contributed by atoms with Gasteiger partial charge in [-0.15, -0.1) is 0 Å². The number of anilines is 1. The van der Waals surface area contributed by atoms with E-state index in [-0.39, 0.29) is 5.91 Å². The zero-order valence-electron chi connectivity index (χ0n) is 14.9. The molecule has 0 spiro atoms. The average molecular weight is 339 g/mol. The van der Waals surface area contributed by atoms with Gasteiger partial charge in [-0.25, -0.2) is 0 Å². The lowest BCUT2D eigenvalue weighted by molar-refractivity contribution is -0.129. The van der Waals surface area contributed by atoms with Gasteiger partial charge in [-0.05, 0) is 42.7 Å². The molecule has 0 radical (unpaired) electrons. The van der Waals surface area contributed by atoms with Crippen molar-refractivity contribution >= 4 is 11.6 Å². The first kappa shape index (κ1) is 17.3. The molecule has 5 nitrogen and oxygen atoms in total. The van der Waals surface area contributed by atoms with Gasteiger partial charge in [-0.2, -0.15) is 0 Å².